The molecule has 218 valence electrons. The number of hydrogen-bond donors (Lipinski definition) is 2. The first kappa shape index (κ1) is 27.0. The van der Waals surface area contributed by atoms with E-state index < -0.39 is 18.1 Å². The lowest BCUT2D eigenvalue weighted by molar-refractivity contribution is -0.120. The minimum Gasteiger partial charge on any atom is -0.497 e. The van der Waals surface area contributed by atoms with Crippen molar-refractivity contribution in [2.75, 3.05) is 18.6 Å². The van der Waals surface area contributed by atoms with Gasteiger partial charge in [-0.25, -0.2) is 9.69 Å². The molecule has 1 fully saturated rings. The number of allylic oxidation sites excluding steroid dienone is 1. The summed E-state index contributed by atoms with van der Waals surface area (Å²) >= 11 is 0. The SMILES string of the molecule is COc1ccc(C2c3[nH]c4ccccc4c3C[C@H]3C(=O)N(c4ccccc4C(=O)NCCC4=CCCCC4)C(=O)N23)cc1. The van der Waals surface area contributed by atoms with E-state index in [0.717, 1.165) is 47.0 Å². The van der Waals surface area contributed by atoms with Gasteiger partial charge in [-0.1, -0.05) is 54.1 Å². The number of para-hydroxylation sites is 2. The molecule has 1 saturated heterocycles. The predicted molar refractivity (Wildman–Crippen MR) is 165 cm³/mol. The highest BCUT2D eigenvalue weighted by molar-refractivity contribution is 6.24. The first-order chi connectivity index (χ1) is 21.0. The molecule has 0 spiro atoms. The van der Waals surface area contributed by atoms with E-state index in [9.17, 15) is 14.4 Å². The highest BCUT2D eigenvalue weighted by Crippen LogP contribution is 2.45. The summed E-state index contributed by atoms with van der Waals surface area (Å²) in [6.45, 7) is 0.511. The van der Waals surface area contributed by atoms with E-state index in [1.54, 1.807) is 36.3 Å². The van der Waals surface area contributed by atoms with Gasteiger partial charge in [0.1, 0.15) is 17.8 Å². The second kappa shape index (κ2) is 11.1. The van der Waals surface area contributed by atoms with E-state index in [-0.39, 0.29) is 11.8 Å². The number of carbonyl (C=O) groups is 3. The Kier molecular flexibility index (Phi) is 6.97. The fraction of sp³-hybridized carbons (Fsp3) is 0.286. The third kappa shape index (κ3) is 4.67. The zero-order valence-corrected chi connectivity index (χ0v) is 24.1. The van der Waals surface area contributed by atoms with Gasteiger partial charge in [0.05, 0.1) is 18.4 Å². The number of hydrogen-bond acceptors (Lipinski definition) is 4. The first-order valence-corrected chi connectivity index (χ1v) is 15.0. The summed E-state index contributed by atoms with van der Waals surface area (Å²) in [6, 6.07) is 20.8. The normalized spacial score (nSPS) is 19.7. The number of rotatable bonds is 7. The van der Waals surface area contributed by atoms with Crippen molar-refractivity contribution in [2.24, 2.45) is 0 Å². The molecule has 2 aliphatic heterocycles. The highest BCUT2D eigenvalue weighted by atomic mass is 16.5. The van der Waals surface area contributed by atoms with Crippen molar-refractivity contribution >= 4 is 34.4 Å². The smallest absolute Gasteiger partial charge is 0.332 e. The third-order valence-corrected chi connectivity index (χ3v) is 8.99. The molecule has 3 aliphatic rings. The van der Waals surface area contributed by atoms with Crippen LogP contribution < -0.4 is 15.0 Å². The van der Waals surface area contributed by atoms with Crippen molar-refractivity contribution < 1.29 is 19.1 Å². The Morgan fingerprint density at radius 1 is 1.00 bits per heavy atom. The van der Waals surface area contributed by atoms with Crippen molar-refractivity contribution in [3.8, 4) is 5.75 Å². The van der Waals surface area contributed by atoms with Crippen LogP contribution in [-0.4, -0.2) is 47.4 Å². The van der Waals surface area contributed by atoms with Gasteiger partial charge in [-0.15, -0.1) is 0 Å². The van der Waals surface area contributed by atoms with E-state index in [1.807, 2.05) is 48.5 Å². The number of nitrogens with zero attached hydrogens (tertiary/aromatic N) is 2. The van der Waals surface area contributed by atoms with E-state index in [2.05, 4.69) is 16.4 Å². The van der Waals surface area contributed by atoms with Crippen molar-refractivity contribution in [3.63, 3.8) is 0 Å². The molecule has 0 radical (unpaired) electrons. The molecule has 4 amide bonds. The number of nitrogens with one attached hydrogen (secondary N) is 2. The molecular weight excluding hydrogens is 540 g/mol. The van der Waals surface area contributed by atoms with E-state index in [1.165, 1.54) is 23.3 Å². The van der Waals surface area contributed by atoms with E-state index in [0.29, 0.717) is 30.0 Å². The Hall–Kier alpha value is -4.85. The van der Waals surface area contributed by atoms with Crippen LogP contribution >= 0.6 is 0 Å². The van der Waals surface area contributed by atoms with Crippen LogP contribution in [0.15, 0.2) is 84.4 Å². The molecule has 1 aliphatic carbocycles. The lowest BCUT2D eigenvalue weighted by Gasteiger charge is -2.36. The molecule has 0 bridgehead atoms. The van der Waals surface area contributed by atoms with E-state index >= 15 is 0 Å². The van der Waals surface area contributed by atoms with Gasteiger partial charge in [0.2, 0.25) is 0 Å². The number of urea groups is 1. The molecule has 3 aromatic carbocycles. The molecule has 7 rings (SSSR count). The highest BCUT2D eigenvalue weighted by Gasteiger charge is 2.53. The molecule has 4 aromatic rings. The van der Waals surface area contributed by atoms with Crippen LogP contribution in [-0.2, 0) is 11.2 Å². The topological polar surface area (TPSA) is 94.7 Å². The molecule has 1 unspecified atom stereocenters. The number of carbonyl (C=O) groups excluding carboxylic acids is 3. The Labute approximate surface area is 250 Å². The van der Waals surface area contributed by atoms with E-state index in [4.69, 9.17) is 4.74 Å². The first-order valence-electron chi connectivity index (χ1n) is 15.0. The summed E-state index contributed by atoms with van der Waals surface area (Å²) in [7, 11) is 1.61. The second-order valence-electron chi connectivity index (χ2n) is 11.5. The average molecular weight is 575 g/mol. The van der Waals surface area contributed by atoms with Gasteiger partial charge in [-0.05, 0) is 73.6 Å². The lowest BCUT2D eigenvalue weighted by atomic mass is 9.89. The number of aromatic nitrogens is 1. The monoisotopic (exact) mass is 574 g/mol. The minimum atomic E-state index is -0.708. The van der Waals surface area contributed by atoms with Crippen LogP contribution in [0.3, 0.4) is 0 Å². The van der Waals surface area contributed by atoms with Crippen molar-refractivity contribution in [1.29, 1.82) is 0 Å². The fourth-order valence-corrected chi connectivity index (χ4v) is 6.85. The van der Waals surface area contributed by atoms with Crippen LogP contribution in [0.4, 0.5) is 10.5 Å². The Morgan fingerprint density at radius 3 is 2.58 bits per heavy atom. The number of anilines is 1. The summed E-state index contributed by atoms with van der Waals surface area (Å²) in [4.78, 5) is 48.4. The molecule has 3 heterocycles. The number of benzene rings is 3. The molecule has 43 heavy (non-hydrogen) atoms. The number of aromatic amines is 1. The maximum absolute atomic E-state index is 14.3. The van der Waals surface area contributed by atoms with Crippen LogP contribution in [0.2, 0.25) is 0 Å². The molecule has 8 nitrogen and oxygen atoms in total. The minimum absolute atomic E-state index is 0.291. The maximum Gasteiger partial charge on any atom is 0.332 e. The number of imide groups is 1. The Balaban J connectivity index is 1.24. The van der Waals surface area contributed by atoms with Gasteiger partial charge in [-0.3, -0.25) is 14.5 Å². The van der Waals surface area contributed by atoms with Crippen LogP contribution in [0.5, 0.6) is 5.75 Å². The van der Waals surface area contributed by atoms with Crippen molar-refractivity contribution in [1.82, 2.24) is 15.2 Å². The summed E-state index contributed by atoms with van der Waals surface area (Å²) in [5, 5.41) is 4.06. The largest absolute Gasteiger partial charge is 0.497 e. The number of H-pyrrole nitrogens is 1. The predicted octanol–water partition coefficient (Wildman–Crippen LogP) is 6.28. The zero-order valence-electron chi connectivity index (χ0n) is 24.1. The number of methoxy groups -OCH3 is 1. The molecule has 1 aromatic heterocycles. The van der Waals surface area contributed by atoms with Gasteiger partial charge in [0, 0.05) is 29.6 Å². The number of ether oxygens (including phenoxy) is 1. The zero-order chi connectivity index (χ0) is 29.5. The molecule has 8 heteroatoms. The fourth-order valence-electron chi connectivity index (χ4n) is 6.85. The standard InChI is InChI=1S/C35H34N4O4/c1-43-24-17-15-23(16-18-24)32-31-27(25-11-5-7-13-28(25)37-31)21-30-34(41)39(35(42)38(30)32)29-14-8-6-12-26(29)33(40)36-20-19-22-9-3-2-4-10-22/h5-9,11-18,30,32,37H,2-4,10,19-21H2,1H3,(H,36,40)/t30-,32?/m0/s1. The Morgan fingerprint density at radius 2 is 1.79 bits per heavy atom. The van der Waals surface area contributed by atoms with Crippen LogP contribution in [0.25, 0.3) is 10.9 Å². The summed E-state index contributed by atoms with van der Waals surface area (Å²) in [6.07, 6.45) is 8.05. The molecule has 0 saturated carbocycles. The maximum atomic E-state index is 14.3. The summed E-state index contributed by atoms with van der Waals surface area (Å²) < 4.78 is 5.38. The number of amides is 4. The molecule has 2 atom stereocenters. The van der Waals surface area contributed by atoms with Gasteiger partial charge >= 0.3 is 6.03 Å². The van der Waals surface area contributed by atoms with Gasteiger partial charge in [0.15, 0.2) is 0 Å². The van der Waals surface area contributed by atoms with Gasteiger partial charge in [0.25, 0.3) is 11.8 Å². The second-order valence-corrected chi connectivity index (χ2v) is 11.5. The molecular formula is C35H34N4O4. The Bertz CT molecular complexity index is 1760. The number of fused-ring (bicyclic) bond motifs is 4. The van der Waals surface area contributed by atoms with Crippen LogP contribution in [0.1, 0.15) is 65.3 Å². The third-order valence-electron chi connectivity index (χ3n) is 8.99. The molecule has 2 N–H and O–H groups in total. The summed E-state index contributed by atoms with van der Waals surface area (Å²) in [5.41, 5.74) is 5.76. The van der Waals surface area contributed by atoms with Crippen molar-refractivity contribution in [2.45, 2.75) is 50.6 Å². The quantitative estimate of drug-likeness (QED) is 0.201. The lowest BCUT2D eigenvalue weighted by Crippen LogP contribution is -2.44. The van der Waals surface area contributed by atoms with Gasteiger partial charge < -0.3 is 15.0 Å². The van der Waals surface area contributed by atoms with Gasteiger partial charge in [-0.2, -0.15) is 0 Å². The van der Waals surface area contributed by atoms with Crippen LogP contribution in [0, 0.1) is 0 Å². The van der Waals surface area contributed by atoms with Crippen molar-refractivity contribution in [3.05, 3.63) is 107 Å². The average Bonchev–Trinajstić information content (AvgIpc) is 3.54. The summed E-state index contributed by atoms with van der Waals surface area (Å²) in [5.74, 6) is 0.0885.